The third-order valence-corrected chi connectivity index (χ3v) is 18.1. The maximum Gasteiger partial charge on any atom is 0.306 e. The lowest BCUT2D eigenvalue weighted by molar-refractivity contribution is -0.167. The van der Waals surface area contributed by atoms with Crippen LogP contribution in [0.5, 0.6) is 0 Å². The number of hydrogen-bond acceptors (Lipinski definition) is 11. The van der Waals surface area contributed by atoms with Gasteiger partial charge in [-0.15, -0.1) is 0 Å². The maximum atomic E-state index is 13.2. The molecule has 7 atom stereocenters. The van der Waals surface area contributed by atoms with E-state index in [2.05, 4.69) is 27.7 Å². The van der Waals surface area contributed by atoms with Crippen molar-refractivity contribution < 1.29 is 52.5 Å². The average molecular weight is 1050 g/mol. The van der Waals surface area contributed by atoms with Crippen molar-refractivity contribution >= 4 is 35.6 Å². The molecule has 4 aliphatic rings. The molecular weight excluding hydrogens is 945 g/mol. The highest BCUT2D eigenvalue weighted by molar-refractivity contribution is 5.91. The minimum atomic E-state index is -0.957. The summed E-state index contributed by atoms with van der Waals surface area (Å²) in [6.45, 7) is 10.6. The summed E-state index contributed by atoms with van der Waals surface area (Å²) in [7, 11) is 0. The molecule has 0 aliphatic heterocycles. The molecule has 0 bridgehead atoms. The van der Waals surface area contributed by atoms with Gasteiger partial charge in [0.15, 0.2) is 11.9 Å². The molecule has 0 aromatic rings. The largest absolute Gasteiger partial charge is 0.466 e. The zero-order valence-electron chi connectivity index (χ0n) is 48.4. The fourth-order valence-electron chi connectivity index (χ4n) is 13.5. The van der Waals surface area contributed by atoms with Crippen LogP contribution in [0, 0.1) is 34.5 Å². The molecule has 0 saturated heterocycles. The van der Waals surface area contributed by atoms with Gasteiger partial charge in [-0.2, -0.15) is 0 Å². The first kappa shape index (κ1) is 64.3. The highest BCUT2D eigenvalue weighted by Crippen LogP contribution is 2.65. The number of esters is 5. The van der Waals surface area contributed by atoms with Crippen LogP contribution in [0.3, 0.4) is 0 Å². The molecule has 75 heavy (non-hydrogen) atoms. The Kier molecular flexibility index (Phi) is 31.5. The van der Waals surface area contributed by atoms with E-state index in [0.717, 1.165) is 83.5 Å². The Hall–Kier alpha value is -3.24. The van der Waals surface area contributed by atoms with Crippen LogP contribution in [0.25, 0.3) is 0 Å². The molecule has 11 heteroatoms. The van der Waals surface area contributed by atoms with Crippen LogP contribution < -0.4 is 0 Å². The molecule has 0 heterocycles. The van der Waals surface area contributed by atoms with Crippen molar-refractivity contribution in [3.8, 4) is 0 Å². The van der Waals surface area contributed by atoms with Gasteiger partial charge >= 0.3 is 29.8 Å². The summed E-state index contributed by atoms with van der Waals surface area (Å²) in [5, 5.41) is 0. The number of unbranched alkanes of at least 4 members (excludes halogenated alkanes) is 24. The second-order valence-corrected chi connectivity index (χ2v) is 24.4. The van der Waals surface area contributed by atoms with Gasteiger partial charge in [0.05, 0.1) is 6.61 Å². The second kappa shape index (κ2) is 36.8. The molecule has 0 spiro atoms. The Morgan fingerprint density at radius 3 is 1.52 bits per heavy atom. The molecule has 2 unspecified atom stereocenters. The van der Waals surface area contributed by atoms with E-state index >= 15 is 0 Å². The monoisotopic (exact) mass is 1050 g/mol. The lowest BCUT2D eigenvalue weighted by Gasteiger charge is -2.57. The van der Waals surface area contributed by atoms with Gasteiger partial charge in [0.1, 0.15) is 19.3 Å². The van der Waals surface area contributed by atoms with Crippen LogP contribution in [-0.2, 0) is 52.5 Å². The quantitative estimate of drug-likeness (QED) is 0.0327. The summed E-state index contributed by atoms with van der Waals surface area (Å²) < 4.78 is 28.5. The number of ether oxygens (including phenoxy) is 5. The predicted molar refractivity (Wildman–Crippen MR) is 298 cm³/mol. The van der Waals surface area contributed by atoms with E-state index in [9.17, 15) is 28.8 Å². The molecule has 0 aromatic heterocycles. The van der Waals surface area contributed by atoms with E-state index in [1.165, 1.54) is 134 Å². The van der Waals surface area contributed by atoms with Crippen molar-refractivity contribution in [2.24, 2.45) is 34.5 Å². The van der Waals surface area contributed by atoms with Crippen LogP contribution in [0.15, 0.2) is 11.6 Å². The van der Waals surface area contributed by atoms with E-state index < -0.39 is 24.0 Å². The van der Waals surface area contributed by atoms with Crippen LogP contribution in [0.4, 0.5) is 0 Å². The molecule has 4 rings (SSSR count). The molecule has 430 valence electrons. The third kappa shape index (κ3) is 24.1. The van der Waals surface area contributed by atoms with Gasteiger partial charge < -0.3 is 23.7 Å². The standard InChI is InChI=1S/C64H108O11/c1-6-8-10-12-14-16-18-20-22-24-26-28-30-33-58(66)72-48-53(49-73-59(67)34-31-29-27-25-23-21-19-17-15-13-11-9-7-2)74-62(70)46-50(3)45-61(69)71-44-32-35-60(68)75-57-39-38-55-54-37-36-51-47-52(65)40-42-63(51,4)56(54)41-43-64(55,57)5/h47,50,53-57H,6-46,48-49H2,1-5H3/t50?,54-,55-,56-,57?,63-,64-/m0/s1. The summed E-state index contributed by atoms with van der Waals surface area (Å²) in [5.41, 5.74) is 1.43. The number of ketones is 1. The molecule has 3 saturated carbocycles. The number of carbonyl (C=O) groups excluding carboxylic acids is 6. The van der Waals surface area contributed by atoms with Crippen molar-refractivity contribution in [2.45, 2.75) is 304 Å². The lowest BCUT2D eigenvalue weighted by Crippen LogP contribution is -2.51. The van der Waals surface area contributed by atoms with Crippen LogP contribution in [-0.4, -0.2) is 67.7 Å². The zero-order chi connectivity index (χ0) is 54.2. The molecule has 3 fully saturated rings. The normalized spacial score (nSPS) is 23.4. The topological polar surface area (TPSA) is 149 Å². The Labute approximate surface area is 456 Å². The van der Waals surface area contributed by atoms with Gasteiger partial charge in [0.25, 0.3) is 0 Å². The van der Waals surface area contributed by atoms with Gasteiger partial charge in [-0.1, -0.05) is 194 Å². The van der Waals surface area contributed by atoms with Gasteiger partial charge in [0.2, 0.25) is 0 Å². The first-order valence-electron chi connectivity index (χ1n) is 31.4. The maximum absolute atomic E-state index is 13.2. The van der Waals surface area contributed by atoms with Crippen molar-refractivity contribution in [3.05, 3.63) is 11.6 Å². The number of rotatable bonds is 42. The number of carbonyl (C=O) groups is 6. The average Bonchev–Trinajstić information content (AvgIpc) is 3.71. The van der Waals surface area contributed by atoms with Crippen molar-refractivity contribution in [2.75, 3.05) is 19.8 Å². The van der Waals surface area contributed by atoms with Gasteiger partial charge in [-0.3, -0.25) is 28.8 Å². The Balaban J connectivity index is 1.11. The number of hydrogen-bond donors (Lipinski definition) is 0. The first-order chi connectivity index (χ1) is 36.3. The van der Waals surface area contributed by atoms with E-state index in [4.69, 9.17) is 23.7 Å². The molecule has 11 nitrogen and oxygen atoms in total. The smallest absolute Gasteiger partial charge is 0.306 e. The van der Waals surface area contributed by atoms with E-state index in [0.29, 0.717) is 30.6 Å². The summed E-state index contributed by atoms with van der Waals surface area (Å²) in [6, 6.07) is 0. The number of allylic oxidation sites excluding steroid dienone is 1. The molecular formula is C64H108O11. The molecule has 0 N–H and O–H groups in total. The Morgan fingerprint density at radius 1 is 0.520 bits per heavy atom. The summed E-state index contributed by atoms with van der Waals surface area (Å²) in [4.78, 5) is 76.9. The number of fused-ring (bicyclic) bond motifs is 5. The fourth-order valence-corrected chi connectivity index (χ4v) is 13.5. The fraction of sp³-hybridized carbons (Fsp3) is 0.875. The van der Waals surface area contributed by atoms with Gasteiger partial charge in [-0.05, 0) is 99.4 Å². The highest BCUT2D eigenvalue weighted by Gasteiger charge is 2.60. The Bertz CT molecular complexity index is 1660. The van der Waals surface area contributed by atoms with Crippen molar-refractivity contribution in [1.29, 1.82) is 0 Å². The minimum absolute atomic E-state index is 0.0109. The molecule has 0 radical (unpaired) electrons. The van der Waals surface area contributed by atoms with Crippen LogP contribution >= 0.6 is 0 Å². The van der Waals surface area contributed by atoms with Crippen LogP contribution in [0.1, 0.15) is 291 Å². The predicted octanol–water partition coefficient (Wildman–Crippen LogP) is 16.1. The Morgan fingerprint density at radius 2 is 1.00 bits per heavy atom. The van der Waals surface area contributed by atoms with E-state index in [1.807, 2.05) is 6.08 Å². The third-order valence-electron chi connectivity index (χ3n) is 18.1. The summed E-state index contributed by atoms with van der Waals surface area (Å²) in [6.07, 6.45) is 41.2. The molecule has 0 amide bonds. The minimum Gasteiger partial charge on any atom is -0.466 e. The zero-order valence-corrected chi connectivity index (χ0v) is 48.4. The lowest BCUT2D eigenvalue weighted by atomic mass is 9.47. The van der Waals surface area contributed by atoms with Crippen LogP contribution in [0.2, 0.25) is 0 Å². The van der Waals surface area contributed by atoms with E-state index in [1.54, 1.807) is 6.92 Å². The highest BCUT2D eigenvalue weighted by atomic mass is 16.6. The van der Waals surface area contributed by atoms with Crippen molar-refractivity contribution in [1.82, 2.24) is 0 Å². The SMILES string of the molecule is CCCCCCCCCCCCCCCC(=O)OCC(COC(=O)CCCCCCCCCCCCCCC)OC(=O)CC(C)CC(=O)OCCCC(=O)OC1CC[C@H]2[C@@H]3CCC4=CC(=O)CC[C@]4(C)[C@H]3CC[C@]12C. The first-order valence-corrected chi connectivity index (χ1v) is 31.4. The summed E-state index contributed by atoms with van der Waals surface area (Å²) in [5.74, 6) is -0.461. The molecule has 0 aromatic carbocycles. The van der Waals surface area contributed by atoms with Gasteiger partial charge in [0, 0.05) is 43.9 Å². The summed E-state index contributed by atoms with van der Waals surface area (Å²) >= 11 is 0. The molecule has 4 aliphatic carbocycles. The second-order valence-electron chi connectivity index (χ2n) is 24.4. The van der Waals surface area contributed by atoms with E-state index in [-0.39, 0.29) is 92.5 Å². The van der Waals surface area contributed by atoms with Gasteiger partial charge in [-0.25, -0.2) is 0 Å². The van der Waals surface area contributed by atoms with Crippen molar-refractivity contribution in [3.63, 3.8) is 0 Å².